The van der Waals surface area contributed by atoms with Gasteiger partial charge in [-0.15, -0.1) is 0 Å². The van der Waals surface area contributed by atoms with Crippen LogP contribution >= 0.6 is 0 Å². The number of allylic oxidation sites excluding steroid dienone is 3. The van der Waals surface area contributed by atoms with Gasteiger partial charge in [0.25, 0.3) is 0 Å². The predicted octanol–water partition coefficient (Wildman–Crippen LogP) is 6.43. The van der Waals surface area contributed by atoms with Gasteiger partial charge in [0.2, 0.25) is 0 Å². The van der Waals surface area contributed by atoms with Crippen LogP contribution < -0.4 is 6.15 Å². The average Bonchev–Trinajstić information content (AvgIpc) is 2.30. The minimum atomic E-state index is 0. The van der Waals surface area contributed by atoms with E-state index >= 15 is 0 Å². The van der Waals surface area contributed by atoms with Crippen LogP contribution in [-0.4, -0.2) is 0 Å². The van der Waals surface area contributed by atoms with E-state index in [1.807, 2.05) is 20.8 Å². The van der Waals surface area contributed by atoms with Gasteiger partial charge in [0.05, 0.1) is 0 Å². The molecule has 0 heterocycles. The summed E-state index contributed by atoms with van der Waals surface area (Å²) in [6.07, 6.45) is 9.55. The Morgan fingerprint density at radius 1 is 0.944 bits per heavy atom. The van der Waals surface area contributed by atoms with Gasteiger partial charge in [-0.05, 0) is 25.8 Å². The summed E-state index contributed by atoms with van der Waals surface area (Å²) in [7, 11) is 0. The molecule has 0 aliphatic carbocycles. The van der Waals surface area contributed by atoms with Gasteiger partial charge in [-0.3, -0.25) is 0 Å². The van der Waals surface area contributed by atoms with Crippen molar-refractivity contribution in [2.45, 2.75) is 49.0 Å². The van der Waals surface area contributed by atoms with Crippen LogP contribution in [0.3, 0.4) is 0 Å². The van der Waals surface area contributed by atoms with Gasteiger partial charge in [0.15, 0.2) is 0 Å². The highest BCUT2D eigenvalue weighted by Crippen LogP contribution is 2.05. The smallest absolute Gasteiger partial charge is 0.0166 e. The predicted molar refractivity (Wildman–Crippen MR) is 89.5 cm³/mol. The third-order valence-electron chi connectivity index (χ3n) is 1.90. The third-order valence-corrected chi connectivity index (χ3v) is 1.90. The second kappa shape index (κ2) is 18.0. The Bertz CT molecular complexity index is 294. The fraction of sp³-hybridized carbons (Fsp3) is 0.412. The molecule has 0 unspecified atom stereocenters. The van der Waals surface area contributed by atoms with Crippen molar-refractivity contribution in [3.63, 3.8) is 0 Å². The average molecular weight is 251 g/mol. The lowest BCUT2D eigenvalue weighted by Crippen LogP contribution is -1.72. The van der Waals surface area contributed by atoms with E-state index in [2.05, 4.69) is 55.5 Å². The summed E-state index contributed by atoms with van der Waals surface area (Å²) in [6, 6.07) is 8.55. The summed E-state index contributed by atoms with van der Waals surface area (Å²) in [5.74, 6) is 0. The zero-order chi connectivity index (χ0) is 11.5. The zero-order valence-corrected chi connectivity index (χ0v) is 11.0. The first-order chi connectivity index (χ1) is 7.33. The van der Waals surface area contributed by atoms with Crippen molar-refractivity contribution < 1.29 is 0 Å². The van der Waals surface area contributed by atoms with Crippen molar-refractivity contribution >= 4 is 6.08 Å². The molecule has 0 amide bonds. The lowest BCUT2D eigenvalue weighted by molar-refractivity contribution is 1.39. The third kappa shape index (κ3) is 12.7. The summed E-state index contributed by atoms with van der Waals surface area (Å²) in [5, 5.41) is 0. The van der Waals surface area contributed by atoms with Crippen LogP contribution in [0.4, 0.5) is 0 Å². The molecule has 0 spiro atoms. The van der Waals surface area contributed by atoms with Gasteiger partial charge in [-0.25, -0.2) is 0 Å². The Kier molecular flexibility index (Phi) is 25.5. The first kappa shape index (κ1) is 25.5. The van der Waals surface area contributed by atoms with E-state index in [0.717, 1.165) is 6.42 Å². The molecule has 1 nitrogen and oxygen atoms in total. The molecule has 0 saturated heterocycles. The van der Waals surface area contributed by atoms with E-state index in [1.165, 1.54) is 11.1 Å². The van der Waals surface area contributed by atoms with Crippen molar-refractivity contribution in [1.82, 2.24) is 6.15 Å². The molecule has 0 aliphatic heterocycles. The van der Waals surface area contributed by atoms with Crippen molar-refractivity contribution in [3.05, 3.63) is 53.6 Å². The van der Waals surface area contributed by atoms with E-state index in [-0.39, 0.29) is 21.0 Å². The van der Waals surface area contributed by atoms with Crippen LogP contribution in [-0.2, 0) is 0 Å². The van der Waals surface area contributed by atoms with Crippen LogP contribution in [0.5, 0.6) is 0 Å². The lowest BCUT2D eigenvalue weighted by Gasteiger charge is -1.93. The molecular weight excluding hydrogens is 218 g/mol. The standard InChI is InChI=1S/C13H16.C2H6.2CH4.H3N/c1-3-4-5-6-7-13-10-8-12(2)9-11-13;1-2;;;/h3-4,6-11H,5H2,1-2H3;1-2H3;2*1H4;1H3. The first-order valence-electron chi connectivity index (χ1n) is 5.67. The molecule has 0 aliphatic rings. The molecule has 0 fully saturated rings. The maximum Gasteiger partial charge on any atom is -0.0166 e. The molecule has 3 N–H and O–H groups in total. The van der Waals surface area contributed by atoms with Gasteiger partial charge >= 0.3 is 0 Å². The summed E-state index contributed by atoms with van der Waals surface area (Å²) < 4.78 is 0. The minimum absolute atomic E-state index is 0. The van der Waals surface area contributed by atoms with Gasteiger partial charge in [-0.1, -0.05) is 82.8 Å². The van der Waals surface area contributed by atoms with Gasteiger partial charge < -0.3 is 6.15 Å². The second-order valence-electron chi connectivity index (χ2n) is 3.12. The fourth-order valence-electron chi connectivity index (χ4n) is 1.10. The van der Waals surface area contributed by atoms with Crippen LogP contribution in [0.25, 0.3) is 6.08 Å². The molecule has 1 aromatic carbocycles. The number of hydrogen-bond donors (Lipinski definition) is 1. The normalized spacial score (nSPS) is 8.67. The number of aryl methyl sites for hydroxylation is 1. The van der Waals surface area contributed by atoms with Crippen molar-refractivity contribution in [2.24, 2.45) is 0 Å². The molecule has 0 saturated carbocycles. The van der Waals surface area contributed by atoms with E-state index in [9.17, 15) is 0 Å². The maximum atomic E-state index is 2.17. The summed E-state index contributed by atoms with van der Waals surface area (Å²) in [4.78, 5) is 0. The quantitative estimate of drug-likeness (QED) is 0.617. The molecule has 0 radical (unpaired) electrons. The largest absolute Gasteiger partial charge is 0.344 e. The first-order valence-corrected chi connectivity index (χ1v) is 5.67. The molecular formula is C17H33N. The Hall–Kier alpha value is -1.34. The molecule has 0 atom stereocenters. The van der Waals surface area contributed by atoms with Crippen LogP contribution in [0.15, 0.2) is 42.5 Å². The van der Waals surface area contributed by atoms with Crippen LogP contribution in [0.1, 0.15) is 53.2 Å². The van der Waals surface area contributed by atoms with E-state index < -0.39 is 0 Å². The lowest BCUT2D eigenvalue weighted by atomic mass is 10.1. The molecule has 0 bridgehead atoms. The summed E-state index contributed by atoms with van der Waals surface area (Å²) in [6.45, 7) is 8.15. The molecule has 0 aromatic heterocycles. The molecule has 1 aromatic rings. The molecule has 18 heavy (non-hydrogen) atoms. The van der Waals surface area contributed by atoms with Crippen molar-refractivity contribution in [3.8, 4) is 0 Å². The second-order valence-corrected chi connectivity index (χ2v) is 3.12. The van der Waals surface area contributed by atoms with E-state index in [0.29, 0.717) is 0 Å². The van der Waals surface area contributed by atoms with E-state index in [4.69, 9.17) is 0 Å². The highest BCUT2D eigenvalue weighted by molar-refractivity contribution is 5.49. The highest BCUT2D eigenvalue weighted by Gasteiger charge is 1.84. The Morgan fingerprint density at radius 2 is 1.44 bits per heavy atom. The van der Waals surface area contributed by atoms with Gasteiger partial charge in [-0.2, -0.15) is 0 Å². The Balaban J connectivity index is -0.000000186. The van der Waals surface area contributed by atoms with Gasteiger partial charge in [0.1, 0.15) is 0 Å². The number of hydrogen-bond acceptors (Lipinski definition) is 1. The molecule has 1 rings (SSSR count). The number of benzene rings is 1. The minimum Gasteiger partial charge on any atom is -0.344 e. The van der Waals surface area contributed by atoms with Crippen molar-refractivity contribution in [2.75, 3.05) is 0 Å². The monoisotopic (exact) mass is 251 g/mol. The number of rotatable bonds is 3. The molecule has 106 valence electrons. The SMILES string of the molecule is C.C.CC.CC=CCC=Cc1ccc(C)cc1.N. The van der Waals surface area contributed by atoms with Gasteiger partial charge in [0, 0.05) is 0 Å². The fourth-order valence-corrected chi connectivity index (χ4v) is 1.10. The molecule has 1 heteroatoms. The Labute approximate surface area is 115 Å². The Morgan fingerprint density at radius 3 is 1.89 bits per heavy atom. The van der Waals surface area contributed by atoms with Crippen LogP contribution in [0.2, 0.25) is 0 Å². The van der Waals surface area contributed by atoms with Crippen LogP contribution in [0, 0.1) is 6.92 Å². The van der Waals surface area contributed by atoms with E-state index in [1.54, 1.807) is 0 Å². The summed E-state index contributed by atoms with van der Waals surface area (Å²) in [5.41, 5.74) is 2.58. The maximum absolute atomic E-state index is 2.17. The van der Waals surface area contributed by atoms with Crippen molar-refractivity contribution in [1.29, 1.82) is 0 Å². The zero-order valence-electron chi connectivity index (χ0n) is 11.0. The topological polar surface area (TPSA) is 35.0 Å². The summed E-state index contributed by atoms with van der Waals surface area (Å²) >= 11 is 0. The highest BCUT2D eigenvalue weighted by atomic mass is 14.0.